The van der Waals surface area contributed by atoms with E-state index in [0.29, 0.717) is 0 Å². The zero-order valence-corrected chi connectivity index (χ0v) is 16.7. The Morgan fingerprint density at radius 2 is 1.75 bits per heavy atom. The van der Waals surface area contributed by atoms with Crippen LogP contribution < -0.4 is 15.5 Å². The van der Waals surface area contributed by atoms with Crippen LogP contribution in [0.4, 0.5) is 11.4 Å². The van der Waals surface area contributed by atoms with E-state index in [2.05, 4.69) is 22.5 Å². The van der Waals surface area contributed by atoms with Crippen LogP contribution >= 0.6 is 0 Å². The van der Waals surface area contributed by atoms with Gasteiger partial charge in [0.15, 0.2) is 0 Å². The van der Waals surface area contributed by atoms with Crippen LogP contribution in [-0.4, -0.2) is 31.4 Å². The molecule has 0 spiro atoms. The van der Waals surface area contributed by atoms with Crippen molar-refractivity contribution in [3.63, 3.8) is 0 Å². The highest BCUT2D eigenvalue weighted by Gasteiger charge is 2.16. The standard InChI is InChI=1S/C23H29N3O2/c1-17-10-12-26(13-11-17)21-8-6-20(7-9-21)25-23(28)16-24-22(27)15-19-5-3-4-18(2)14-19/h3-9,14,17H,10-13,15-16H2,1-2H3,(H,24,27)(H,25,28). The number of benzene rings is 2. The third-order valence-electron chi connectivity index (χ3n) is 5.19. The predicted octanol–water partition coefficient (Wildman–Crippen LogP) is 3.53. The van der Waals surface area contributed by atoms with Crippen LogP contribution in [0, 0.1) is 12.8 Å². The Balaban J connectivity index is 1.43. The molecule has 1 aliphatic rings. The number of aryl methyl sites for hydroxylation is 1. The topological polar surface area (TPSA) is 61.4 Å². The highest BCUT2D eigenvalue weighted by atomic mass is 16.2. The van der Waals surface area contributed by atoms with E-state index in [9.17, 15) is 9.59 Å². The summed E-state index contributed by atoms with van der Waals surface area (Å²) in [6.07, 6.45) is 2.72. The summed E-state index contributed by atoms with van der Waals surface area (Å²) in [5.41, 5.74) is 3.99. The van der Waals surface area contributed by atoms with Crippen molar-refractivity contribution in [2.45, 2.75) is 33.1 Å². The van der Waals surface area contributed by atoms with Crippen molar-refractivity contribution < 1.29 is 9.59 Å². The number of hydrogen-bond donors (Lipinski definition) is 2. The van der Waals surface area contributed by atoms with E-state index in [0.717, 1.165) is 35.8 Å². The lowest BCUT2D eigenvalue weighted by molar-refractivity contribution is -0.123. The molecule has 1 saturated heterocycles. The lowest BCUT2D eigenvalue weighted by Gasteiger charge is -2.32. The summed E-state index contributed by atoms with van der Waals surface area (Å²) < 4.78 is 0. The van der Waals surface area contributed by atoms with Crippen molar-refractivity contribution in [2.75, 3.05) is 29.9 Å². The van der Waals surface area contributed by atoms with Crippen molar-refractivity contribution in [3.05, 3.63) is 59.7 Å². The second kappa shape index (κ2) is 9.40. The molecule has 5 nitrogen and oxygen atoms in total. The van der Waals surface area contributed by atoms with Gasteiger partial charge >= 0.3 is 0 Å². The van der Waals surface area contributed by atoms with Gasteiger partial charge in [-0.3, -0.25) is 9.59 Å². The average Bonchev–Trinajstić information content (AvgIpc) is 2.68. The van der Waals surface area contributed by atoms with Gasteiger partial charge in [0.1, 0.15) is 0 Å². The van der Waals surface area contributed by atoms with Crippen LogP contribution in [0.3, 0.4) is 0 Å². The maximum absolute atomic E-state index is 12.1. The molecule has 2 aromatic rings. The van der Waals surface area contributed by atoms with Gasteiger partial charge in [-0.15, -0.1) is 0 Å². The van der Waals surface area contributed by atoms with Gasteiger partial charge in [0.2, 0.25) is 11.8 Å². The molecule has 3 rings (SSSR count). The van der Waals surface area contributed by atoms with Crippen molar-refractivity contribution in [2.24, 2.45) is 5.92 Å². The molecular formula is C23H29N3O2. The molecule has 0 aliphatic carbocycles. The van der Waals surface area contributed by atoms with Gasteiger partial charge in [-0.05, 0) is 55.5 Å². The Hall–Kier alpha value is -2.82. The van der Waals surface area contributed by atoms with E-state index in [1.165, 1.54) is 18.5 Å². The molecule has 1 aliphatic heterocycles. The zero-order chi connectivity index (χ0) is 19.9. The number of nitrogens with one attached hydrogen (secondary N) is 2. The van der Waals surface area contributed by atoms with Crippen LogP contribution in [0.15, 0.2) is 48.5 Å². The Morgan fingerprint density at radius 1 is 1.04 bits per heavy atom. The smallest absolute Gasteiger partial charge is 0.243 e. The fraction of sp³-hybridized carbons (Fsp3) is 0.391. The minimum absolute atomic E-state index is 0.0313. The molecule has 0 bridgehead atoms. The quantitative estimate of drug-likeness (QED) is 0.807. The van der Waals surface area contributed by atoms with Gasteiger partial charge in [0.05, 0.1) is 13.0 Å². The third kappa shape index (κ3) is 5.84. The van der Waals surface area contributed by atoms with E-state index in [4.69, 9.17) is 0 Å². The number of piperidine rings is 1. The van der Waals surface area contributed by atoms with Gasteiger partial charge < -0.3 is 15.5 Å². The summed E-state index contributed by atoms with van der Waals surface area (Å²) in [6, 6.07) is 15.7. The molecule has 0 saturated carbocycles. The SMILES string of the molecule is Cc1cccc(CC(=O)NCC(=O)Nc2ccc(N3CCC(C)CC3)cc2)c1. The minimum Gasteiger partial charge on any atom is -0.372 e. The molecule has 2 N–H and O–H groups in total. The van der Waals surface area contributed by atoms with Crippen molar-refractivity contribution in [1.82, 2.24) is 5.32 Å². The second-order valence-corrected chi connectivity index (χ2v) is 7.71. The highest BCUT2D eigenvalue weighted by molar-refractivity contribution is 5.94. The average molecular weight is 380 g/mol. The molecule has 2 aromatic carbocycles. The summed E-state index contributed by atoms with van der Waals surface area (Å²) in [5.74, 6) is 0.420. The summed E-state index contributed by atoms with van der Waals surface area (Å²) in [4.78, 5) is 26.5. The summed E-state index contributed by atoms with van der Waals surface area (Å²) in [6.45, 7) is 6.43. The fourth-order valence-corrected chi connectivity index (χ4v) is 3.48. The summed E-state index contributed by atoms with van der Waals surface area (Å²) in [5, 5.41) is 5.51. The predicted molar refractivity (Wildman–Crippen MR) is 114 cm³/mol. The Bertz CT molecular complexity index is 809. The van der Waals surface area contributed by atoms with Crippen molar-refractivity contribution in [3.8, 4) is 0 Å². The molecule has 148 valence electrons. The molecule has 0 radical (unpaired) electrons. The van der Waals surface area contributed by atoms with Crippen molar-refractivity contribution >= 4 is 23.2 Å². The van der Waals surface area contributed by atoms with Gasteiger partial charge in [0.25, 0.3) is 0 Å². The fourth-order valence-electron chi connectivity index (χ4n) is 3.48. The summed E-state index contributed by atoms with van der Waals surface area (Å²) >= 11 is 0. The number of rotatable bonds is 6. The monoisotopic (exact) mass is 379 g/mol. The number of carbonyl (C=O) groups is 2. The number of anilines is 2. The molecule has 1 heterocycles. The number of hydrogen-bond acceptors (Lipinski definition) is 3. The summed E-state index contributed by atoms with van der Waals surface area (Å²) in [7, 11) is 0. The largest absolute Gasteiger partial charge is 0.372 e. The second-order valence-electron chi connectivity index (χ2n) is 7.71. The molecule has 0 unspecified atom stereocenters. The van der Waals surface area contributed by atoms with Gasteiger partial charge in [-0.1, -0.05) is 36.8 Å². The molecule has 28 heavy (non-hydrogen) atoms. The third-order valence-corrected chi connectivity index (χ3v) is 5.19. The first-order valence-electron chi connectivity index (χ1n) is 9.97. The first-order valence-corrected chi connectivity index (χ1v) is 9.97. The number of amides is 2. The first-order chi connectivity index (χ1) is 13.5. The lowest BCUT2D eigenvalue weighted by Crippen LogP contribution is -2.34. The maximum atomic E-state index is 12.1. The highest BCUT2D eigenvalue weighted by Crippen LogP contribution is 2.24. The van der Waals surface area contributed by atoms with E-state index in [1.807, 2.05) is 55.5 Å². The van der Waals surface area contributed by atoms with Crippen molar-refractivity contribution in [1.29, 1.82) is 0 Å². The molecule has 1 fully saturated rings. The van der Waals surface area contributed by atoms with Crippen LogP contribution in [0.1, 0.15) is 30.9 Å². The van der Waals surface area contributed by atoms with E-state index < -0.39 is 0 Å². The normalized spacial score (nSPS) is 14.6. The number of carbonyl (C=O) groups excluding carboxylic acids is 2. The Kier molecular flexibility index (Phi) is 6.69. The number of nitrogens with zero attached hydrogens (tertiary/aromatic N) is 1. The van der Waals surface area contributed by atoms with Crippen LogP contribution in [-0.2, 0) is 16.0 Å². The lowest BCUT2D eigenvalue weighted by atomic mass is 9.99. The molecule has 0 aromatic heterocycles. The zero-order valence-electron chi connectivity index (χ0n) is 16.7. The van der Waals surface area contributed by atoms with Crippen LogP contribution in [0.5, 0.6) is 0 Å². The van der Waals surface area contributed by atoms with E-state index >= 15 is 0 Å². The molecular weight excluding hydrogens is 350 g/mol. The maximum Gasteiger partial charge on any atom is 0.243 e. The van der Waals surface area contributed by atoms with Gasteiger partial charge in [-0.25, -0.2) is 0 Å². The minimum atomic E-state index is -0.225. The van der Waals surface area contributed by atoms with Crippen LogP contribution in [0.25, 0.3) is 0 Å². The van der Waals surface area contributed by atoms with Gasteiger partial charge in [-0.2, -0.15) is 0 Å². The molecule has 0 atom stereocenters. The van der Waals surface area contributed by atoms with Gasteiger partial charge in [0, 0.05) is 24.5 Å². The van der Waals surface area contributed by atoms with Crippen LogP contribution in [0.2, 0.25) is 0 Å². The Labute approximate surface area is 167 Å². The first kappa shape index (κ1) is 19.9. The Morgan fingerprint density at radius 3 is 2.43 bits per heavy atom. The molecule has 5 heteroatoms. The molecule has 2 amide bonds. The van der Waals surface area contributed by atoms with E-state index in [1.54, 1.807) is 0 Å². The van der Waals surface area contributed by atoms with E-state index in [-0.39, 0.29) is 24.8 Å².